The quantitative estimate of drug-likeness (QED) is 0.120. The molecular weight excluding hydrogens is 696 g/mol. The van der Waals surface area contributed by atoms with Crippen LogP contribution in [0.3, 0.4) is 0 Å². The van der Waals surface area contributed by atoms with Gasteiger partial charge < -0.3 is 20.3 Å². The molecule has 16 heteroatoms. The van der Waals surface area contributed by atoms with Gasteiger partial charge in [0.1, 0.15) is 29.9 Å². The van der Waals surface area contributed by atoms with Crippen LogP contribution in [0.4, 0.5) is 42.8 Å². The fraction of sp³-hybridized carbons (Fsp3) is 0.429. The molecule has 3 aliphatic heterocycles. The summed E-state index contributed by atoms with van der Waals surface area (Å²) in [6.45, 7) is 14.2. The van der Waals surface area contributed by atoms with Crippen molar-refractivity contribution < 1.29 is 35.9 Å². The molecule has 0 saturated carbocycles. The molecule has 3 aliphatic rings. The Hall–Kier alpha value is -4.62. The first-order valence-corrected chi connectivity index (χ1v) is 17.2. The Labute approximate surface area is 293 Å². The van der Waals surface area contributed by atoms with Gasteiger partial charge in [-0.1, -0.05) is 12.6 Å². The SMILES string of the molecule is [C-]#[N+]c1c(N)sc2c(F)ccc(-c3c(C(F)(F)F)cc4c(N(C)[C@@H]5CCN(C(=O)C=C)[C@@H]5C)nc(OC[C@]56CCCN5C[C@H](F)C6)nc4c3F)c12. The zero-order chi connectivity index (χ0) is 36.6. The highest BCUT2D eigenvalue weighted by molar-refractivity contribution is 7.23. The Bertz CT molecular complexity index is 2130. The van der Waals surface area contributed by atoms with E-state index in [1.54, 1.807) is 23.8 Å². The number of fused-ring (bicyclic) bond motifs is 3. The maximum atomic E-state index is 17.1. The number of ether oxygens (including phenoxy) is 1. The van der Waals surface area contributed by atoms with Gasteiger partial charge in [-0.05, 0) is 56.5 Å². The van der Waals surface area contributed by atoms with E-state index in [9.17, 15) is 13.6 Å². The number of halogens is 6. The zero-order valence-electron chi connectivity index (χ0n) is 27.7. The van der Waals surface area contributed by atoms with Gasteiger partial charge in [-0.25, -0.2) is 18.0 Å². The number of benzene rings is 2. The summed E-state index contributed by atoms with van der Waals surface area (Å²) in [4.78, 5) is 29.9. The number of carbonyl (C=O) groups is 1. The van der Waals surface area contributed by atoms with Gasteiger partial charge in [0.2, 0.25) is 11.6 Å². The largest absolute Gasteiger partial charge is 0.461 e. The van der Waals surface area contributed by atoms with E-state index in [-0.39, 0.29) is 69.0 Å². The van der Waals surface area contributed by atoms with E-state index >= 15 is 17.6 Å². The molecule has 2 aromatic carbocycles. The number of likely N-dealkylation sites (N-methyl/N-ethyl adjacent to an activating group) is 1. The minimum Gasteiger partial charge on any atom is -0.461 e. The molecule has 0 unspecified atom stereocenters. The van der Waals surface area contributed by atoms with E-state index in [4.69, 9.17) is 17.0 Å². The number of hydrogen-bond acceptors (Lipinski definition) is 8. The lowest BCUT2D eigenvalue weighted by atomic mass is 9.93. The summed E-state index contributed by atoms with van der Waals surface area (Å²) in [5, 5.41) is -0.646. The number of amides is 1. The topological polar surface area (TPSA) is 92.2 Å². The smallest absolute Gasteiger partial charge is 0.417 e. The molecule has 3 saturated heterocycles. The molecule has 4 aromatic rings. The van der Waals surface area contributed by atoms with Gasteiger partial charge in [0.15, 0.2) is 5.82 Å². The van der Waals surface area contributed by atoms with Gasteiger partial charge in [-0.3, -0.25) is 9.69 Å². The highest BCUT2D eigenvalue weighted by atomic mass is 32.1. The van der Waals surface area contributed by atoms with Crippen molar-refractivity contribution in [1.82, 2.24) is 19.8 Å². The predicted molar refractivity (Wildman–Crippen MR) is 183 cm³/mol. The normalized spacial score (nSPS) is 23.6. The van der Waals surface area contributed by atoms with Crippen molar-refractivity contribution in [2.24, 2.45) is 0 Å². The summed E-state index contributed by atoms with van der Waals surface area (Å²) in [6.07, 6.45) is -2.87. The summed E-state index contributed by atoms with van der Waals surface area (Å²) in [5.41, 5.74) is 1.83. The molecule has 5 heterocycles. The molecule has 0 spiro atoms. The van der Waals surface area contributed by atoms with Crippen LogP contribution in [0.15, 0.2) is 30.9 Å². The monoisotopic (exact) mass is 729 g/mol. The van der Waals surface area contributed by atoms with Crippen LogP contribution in [0.2, 0.25) is 0 Å². The minimum absolute atomic E-state index is 0.0280. The number of nitrogen functional groups attached to an aromatic ring is 1. The third-order valence-corrected chi connectivity index (χ3v) is 11.6. The lowest BCUT2D eigenvalue weighted by Gasteiger charge is -2.33. The summed E-state index contributed by atoms with van der Waals surface area (Å²) >= 11 is 0.682. The highest BCUT2D eigenvalue weighted by Crippen LogP contribution is 2.51. The fourth-order valence-electron chi connectivity index (χ4n) is 8.18. The van der Waals surface area contributed by atoms with E-state index in [1.807, 2.05) is 4.90 Å². The number of anilines is 2. The second kappa shape index (κ2) is 12.6. The van der Waals surface area contributed by atoms with Crippen LogP contribution in [0.25, 0.3) is 37.0 Å². The van der Waals surface area contributed by atoms with Crippen molar-refractivity contribution in [1.29, 1.82) is 0 Å². The number of aromatic nitrogens is 2. The van der Waals surface area contributed by atoms with Crippen molar-refractivity contribution in [2.45, 2.75) is 62.6 Å². The lowest BCUT2D eigenvalue weighted by Crippen LogP contribution is -2.44. The van der Waals surface area contributed by atoms with Crippen molar-refractivity contribution >= 4 is 54.7 Å². The number of hydrogen-bond donors (Lipinski definition) is 1. The Morgan fingerprint density at radius 2 is 2.06 bits per heavy atom. The summed E-state index contributed by atoms with van der Waals surface area (Å²) < 4.78 is 97.6. The average molecular weight is 730 g/mol. The Morgan fingerprint density at radius 1 is 1.29 bits per heavy atom. The van der Waals surface area contributed by atoms with Crippen LogP contribution in [-0.2, 0) is 11.0 Å². The standard InChI is InChI=1S/C35H33F6N7O2S/c1-5-24(49)48-12-9-23(17(48)2)46(4)32-20-13-21(35(39,40)41)25(19-7-8-22(37)30-26(19)29(43-3)31(42)51-30)27(38)28(20)44-33(45-32)50-16-34-10-6-11-47(34)15-18(36)14-34/h5,7-8,13,17-18,23H,1,6,9-12,14-16,42H2,2,4H3/t17-,18-,23-,34-/m1/s1. The number of likely N-dealkylation sites (tertiary alicyclic amines) is 1. The van der Waals surface area contributed by atoms with Gasteiger partial charge in [0.05, 0.1) is 33.4 Å². The number of nitrogens with two attached hydrogens (primary N) is 1. The Balaban J connectivity index is 1.45. The second-order valence-corrected chi connectivity index (χ2v) is 14.4. The minimum atomic E-state index is -5.12. The van der Waals surface area contributed by atoms with Crippen molar-refractivity contribution in [3.05, 3.63) is 59.5 Å². The molecule has 1 amide bonds. The molecule has 0 radical (unpaired) electrons. The summed E-state index contributed by atoms with van der Waals surface area (Å²) in [6, 6.07) is 1.46. The Kier molecular flexibility index (Phi) is 8.57. The van der Waals surface area contributed by atoms with Gasteiger partial charge >= 0.3 is 12.2 Å². The van der Waals surface area contributed by atoms with E-state index in [1.165, 1.54) is 6.08 Å². The molecule has 0 bridgehead atoms. The third kappa shape index (κ3) is 5.61. The maximum Gasteiger partial charge on any atom is 0.417 e. The van der Waals surface area contributed by atoms with E-state index < -0.39 is 58.2 Å². The van der Waals surface area contributed by atoms with Crippen molar-refractivity contribution in [3.63, 3.8) is 0 Å². The number of thiophene rings is 1. The molecule has 0 aliphatic carbocycles. The first kappa shape index (κ1) is 34.8. The number of alkyl halides is 4. The fourth-order valence-corrected chi connectivity index (χ4v) is 9.12. The first-order chi connectivity index (χ1) is 24.2. The predicted octanol–water partition coefficient (Wildman–Crippen LogP) is 7.51. The number of carbonyl (C=O) groups excluding carboxylic acids is 1. The van der Waals surface area contributed by atoms with E-state index in [0.717, 1.165) is 24.6 Å². The zero-order valence-corrected chi connectivity index (χ0v) is 28.5. The second-order valence-electron chi connectivity index (χ2n) is 13.4. The first-order valence-electron chi connectivity index (χ1n) is 16.4. The Morgan fingerprint density at radius 3 is 2.76 bits per heavy atom. The van der Waals surface area contributed by atoms with Crippen LogP contribution >= 0.6 is 11.3 Å². The van der Waals surface area contributed by atoms with Gasteiger partial charge in [-0.15, -0.1) is 11.3 Å². The molecule has 7 rings (SSSR count). The van der Waals surface area contributed by atoms with Crippen molar-refractivity contribution in [2.75, 3.05) is 43.9 Å². The molecule has 2 aromatic heterocycles. The van der Waals surface area contributed by atoms with E-state index in [2.05, 4.69) is 21.4 Å². The van der Waals surface area contributed by atoms with Gasteiger partial charge in [0, 0.05) is 48.9 Å². The molecule has 2 N–H and O–H groups in total. The van der Waals surface area contributed by atoms with Crippen LogP contribution in [-0.4, -0.2) is 82.8 Å². The summed E-state index contributed by atoms with van der Waals surface area (Å²) in [5.74, 6) is -2.60. The highest BCUT2D eigenvalue weighted by Gasteiger charge is 2.49. The van der Waals surface area contributed by atoms with Gasteiger partial charge in [-0.2, -0.15) is 23.1 Å². The van der Waals surface area contributed by atoms with Crippen LogP contribution in [0, 0.1) is 18.2 Å². The molecule has 9 nitrogen and oxygen atoms in total. The molecule has 4 atom stereocenters. The third-order valence-electron chi connectivity index (χ3n) is 10.6. The maximum absolute atomic E-state index is 17.1. The molecule has 3 fully saturated rings. The number of rotatable bonds is 7. The van der Waals surface area contributed by atoms with Crippen molar-refractivity contribution in [3.8, 4) is 17.1 Å². The molecule has 268 valence electrons. The average Bonchev–Trinajstić information content (AvgIpc) is 3.83. The lowest BCUT2D eigenvalue weighted by molar-refractivity contribution is -0.137. The molecule has 51 heavy (non-hydrogen) atoms. The molecular formula is C35H33F6N7O2S. The van der Waals surface area contributed by atoms with Crippen LogP contribution in [0.5, 0.6) is 6.01 Å². The van der Waals surface area contributed by atoms with Crippen LogP contribution < -0.4 is 15.4 Å². The summed E-state index contributed by atoms with van der Waals surface area (Å²) in [7, 11) is 1.59. The van der Waals surface area contributed by atoms with E-state index in [0.29, 0.717) is 37.3 Å². The van der Waals surface area contributed by atoms with Gasteiger partial charge in [0.25, 0.3) is 0 Å². The van der Waals surface area contributed by atoms with Crippen LogP contribution in [0.1, 0.15) is 38.2 Å². The number of nitrogens with zero attached hydrogens (tertiary/aromatic N) is 6.